The Morgan fingerprint density at radius 2 is 1.75 bits per heavy atom. The van der Waals surface area contributed by atoms with Crippen molar-refractivity contribution in [1.29, 1.82) is 0 Å². The van der Waals surface area contributed by atoms with E-state index < -0.39 is 5.79 Å². The van der Waals surface area contributed by atoms with Gasteiger partial charge in [-0.25, -0.2) is 0 Å². The fourth-order valence-electron chi connectivity index (χ4n) is 11.5. The molecule has 40 heavy (non-hydrogen) atoms. The highest BCUT2D eigenvalue weighted by Crippen LogP contribution is 2.71. The lowest BCUT2D eigenvalue weighted by Crippen LogP contribution is -2.55. The van der Waals surface area contributed by atoms with Crippen molar-refractivity contribution in [2.24, 2.45) is 52.3 Å². The van der Waals surface area contributed by atoms with Crippen LogP contribution in [0.25, 0.3) is 6.08 Å². The fraction of sp³-hybridized carbons (Fsp3) is 0.750. The molecule has 0 N–H and O–H groups in total. The lowest BCUT2D eigenvalue weighted by Gasteiger charge is -2.61. The van der Waals surface area contributed by atoms with Crippen LogP contribution in [0.2, 0.25) is 0 Å². The van der Waals surface area contributed by atoms with E-state index in [9.17, 15) is 4.79 Å². The van der Waals surface area contributed by atoms with E-state index in [-0.39, 0.29) is 12.1 Å². The van der Waals surface area contributed by atoms with E-state index in [0.29, 0.717) is 40.6 Å². The smallest absolute Gasteiger partial charge is 0.302 e. The summed E-state index contributed by atoms with van der Waals surface area (Å²) in [4.78, 5) is 11.7. The molecule has 1 aromatic carbocycles. The van der Waals surface area contributed by atoms with E-state index in [4.69, 9.17) is 14.2 Å². The standard InChI is InChI=1S/C36H50O4/c1-22-17-27(18-25-9-7-6-8-10-25)36(38-21-22)23(2)33-32(40-36)20-31-29-12-11-26-19-28(39-24(3)37)13-15-34(26,4)30(29)14-16-35(31,33)5/h6-10,18,22-23,26,28-33H,11-17,19-21H2,1-5H3/b27-18+/t22-,23-,26+,28-,29+,30-,31-,32-,33-,34-,35-,36-/m0/s1. The summed E-state index contributed by atoms with van der Waals surface area (Å²) in [7, 11) is 0. The Morgan fingerprint density at radius 1 is 0.975 bits per heavy atom. The molecule has 2 heterocycles. The van der Waals surface area contributed by atoms with Crippen molar-refractivity contribution >= 4 is 12.0 Å². The third-order valence-corrected chi connectivity index (χ3v) is 13.2. The average Bonchev–Trinajstić information content (AvgIpc) is 3.37. The van der Waals surface area contributed by atoms with Gasteiger partial charge in [0, 0.05) is 12.8 Å². The minimum absolute atomic E-state index is 0.113. The molecule has 0 radical (unpaired) electrons. The van der Waals surface area contributed by atoms with Gasteiger partial charge >= 0.3 is 5.97 Å². The van der Waals surface area contributed by atoms with Crippen molar-refractivity contribution < 1.29 is 19.0 Å². The zero-order valence-electron chi connectivity index (χ0n) is 25.4. The van der Waals surface area contributed by atoms with Gasteiger partial charge in [-0.05, 0) is 115 Å². The molecule has 7 rings (SSSR count). The number of esters is 1. The van der Waals surface area contributed by atoms with Crippen LogP contribution in [-0.4, -0.2) is 30.6 Å². The van der Waals surface area contributed by atoms with Gasteiger partial charge in [0.1, 0.15) is 6.10 Å². The van der Waals surface area contributed by atoms with Crippen molar-refractivity contribution in [2.75, 3.05) is 6.61 Å². The summed E-state index contributed by atoms with van der Waals surface area (Å²) < 4.78 is 19.7. The summed E-state index contributed by atoms with van der Waals surface area (Å²) in [6, 6.07) is 10.8. The number of ether oxygens (including phenoxy) is 3. The molecule has 2 aliphatic heterocycles. The van der Waals surface area contributed by atoms with E-state index in [2.05, 4.69) is 64.1 Å². The minimum Gasteiger partial charge on any atom is -0.463 e. The van der Waals surface area contributed by atoms with Gasteiger partial charge in [0.15, 0.2) is 5.79 Å². The molecule has 4 nitrogen and oxygen atoms in total. The van der Waals surface area contributed by atoms with E-state index in [0.717, 1.165) is 43.6 Å². The van der Waals surface area contributed by atoms with Crippen LogP contribution in [0.3, 0.4) is 0 Å². The van der Waals surface area contributed by atoms with Gasteiger partial charge in [0.2, 0.25) is 0 Å². The molecule has 4 heteroatoms. The Balaban J connectivity index is 1.14. The first-order chi connectivity index (χ1) is 19.1. The van der Waals surface area contributed by atoms with Gasteiger partial charge in [-0.1, -0.05) is 64.1 Å². The Bertz CT molecular complexity index is 1160. The Hall–Kier alpha value is -1.65. The maximum Gasteiger partial charge on any atom is 0.302 e. The normalized spacial score (nSPS) is 50.6. The summed E-state index contributed by atoms with van der Waals surface area (Å²) in [5.74, 6) is 3.78. The van der Waals surface area contributed by atoms with Crippen molar-refractivity contribution in [2.45, 2.75) is 110 Å². The van der Waals surface area contributed by atoms with Crippen LogP contribution in [0, 0.1) is 52.3 Å². The van der Waals surface area contributed by atoms with E-state index in [1.165, 1.54) is 49.7 Å². The molecule has 0 aromatic heterocycles. The number of benzene rings is 1. The molecule has 0 unspecified atom stereocenters. The molecule has 4 aliphatic carbocycles. The molecule has 6 fully saturated rings. The molecule has 4 saturated carbocycles. The first kappa shape index (κ1) is 27.2. The summed E-state index contributed by atoms with van der Waals surface area (Å²) in [5, 5.41) is 0. The van der Waals surface area contributed by atoms with Crippen LogP contribution < -0.4 is 0 Å². The quantitative estimate of drug-likeness (QED) is 0.352. The van der Waals surface area contributed by atoms with Crippen LogP contribution in [-0.2, 0) is 19.0 Å². The molecule has 218 valence electrons. The Labute approximate surface area is 241 Å². The Morgan fingerprint density at radius 3 is 2.52 bits per heavy atom. The van der Waals surface area contributed by atoms with Crippen molar-refractivity contribution in [3.63, 3.8) is 0 Å². The molecule has 0 bridgehead atoms. The second-order valence-corrected chi connectivity index (χ2v) is 15.3. The van der Waals surface area contributed by atoms with E-state index >= 15 is 0 Å². The highest BCUT2D eigenvalue weighted by Gasteiger charge is 2.70. The number of fused-ring (bicyclic) bond motifs is 7. The van der Waals surface area contributed by atoms with Crippen LogP contribution in [0.5, 0.6) is 0 Å². The van der Waals surface area contributed by atoms with E-state index in [1.54, 1.807) is 6.92 Å². The second-order valence-electron chi connectivity index (χ2n) is 15.3. The van der Waals surface area contributed by atoms with E-state index in [1.807, 2.05) is 0 Å². The predicted molar refractivity (Wildman–Crippen MR) is 157 cm³/mol. The third kappa shape index (κ3) is 4.02. The van der Waals surface area contributed by atoms with Gasteiger partial charge in [-0.2, -0.15) is 0 Å². The zero-order chi connectivity index (χ0) is 27.9. The van der Waals surface area contributed by atoms with Gasteiger partial charge in [0.05, 0.1) is 12.7 Å². The molecular formula is C36H50O4. The number of rotatable bonds is 2. The lowest BCUT2D eigenvalue weighted by molar-refractivity contribution is -0.241. The molecule has 1 aromatic rings. The number of hydrogen-bond donors (Lipinski definition) is 0. The van der Waals surface area contributed by atoms with Crippen LogP contribution in [0.15, 0.2) is 35.9 Å². The minimum atomic E-state index is -0.568. The SMILES string of the molecule is CC(=O)O[C@H]1CC[C@@]2(C)[C@H](CC[C@@H]3[C@@H]2CC[C@]2(C)[C@@H]4[C@H](C[C@@H]32)O[C@@]2(OC[C@@H](C)C/C2=C\c2ccccc2)[C@H]4C)C1. The molecule has 2 saturated heterocycles. The summed E-state index contributed by atoms with van der Waals surface area (Å²) in [6.45, 7) is 12.3. The monoisotopic (exact) mass is 546 g/mol. The van der Waals surface area contributed by atoms with Gasteiger partial charge in [0.25, 0.3) is 0 Å². The summed E-state index contributed by atoms with van der Waals surface area (Å²) in [6.07, 6.45) is 13.7. The van der Waals surface area contributed by atoms with Gasteiger partial charge < -0.3 is 14.2 Å². The topological polar surface area (TPSA) is 44.8 Å². The van der Waals surface area contributed by atoms with Crippen LogP contribution in [0.1, 0.15) is 98.0 Å². The molecular weight excluding hydrogens is 496 g/mol. The second kappa shape index (κ2) is 9.69. The van der Waals surface area contributed by atoms with Gasteiger partial charge in [-0.15, -0.1) is 0 Å². The third-order valence-electron chi connectivity index (χ3n) is 13.2. The zero-order valence-corrected chi connectivity index (χ0v) is 25.4. The van der Waals surface area contributed by atoms with Gasteiger partial charge in [-0.3, -0.25) is 4.79 Å². The fourth-order valence-corrected chi connectivity index (χ4v) is 11.5. The van der Waals surface area contributed by atoms with Crippen LogP contribution >= 0.6 is 0 Å². The summed E-state index contributed by atoms with van der Waals surface area (Å²) in [5.41, 5.74) is 3.31. The molecule has 12 atom stereocenters. The summed E-state index contributed by atoms with van der Waals surface area (Å²) >= 11 is 0. The molecule has 0 amide bonds. The van der Waals surface area contributed by atoms with Crippen LogP contribution in [0.4, 0.5) is 0 Å². The van der Waals surface area contributed by atoms with Crippen molar-refractivity contribution in [1.82, 2.24) is 0 Å². The number of carbonyl (C=O) groups is 1. The Kier molecular flexibility index (Phi) is 6.59. The maximum absolute atomic E-state index is 11.7. The van der Waals surface area contributed by atoms with Crippen molar-refractivity contribution in [3.8, 4) is 0 Å². The highest BCUT2D eigenvalue weighted by molar-refractivity contribution is 5.66. The first-order valence-corrected chi connectivity index (χ1v) is 16.4. The average molecular weight is 547 g/mol. The largest absolute Gasteiger partial charge is 0.463 e. The van der Waals surface area contributed by atoms with Crippen molar-refractivity contribution in [3.05, 3.63) is 41.5 Å². The highest BCUT2D eigenvalue weighted by atomic mass is 16.7. The number of carbonyl (C=O) groups excluding carboxylic acids is 1. The molecule has 6 aliphatic rings. The predicted octanol–water partition coefficient (Wildman–Crippen LogP) is 8.06. The first-order valence-electron chi connectivity index (χ1n) is 16.4. The molecule has 1 spiro atoms. The maximum atomic E-state index is 11.7. The number of hydrogen-bond acceptors (Lipinski definition) is 4. The lowest BCUT2D eigenvalue weighted by atomic mass is 9.44.